The largest absolute Gasteiger partial charge is 0.460 e. The Hall–Kier alpha value is -7.83. The van der Waals surface area contributed by atoms with Crippen LogP contribution < -0.4 is 24.6 Å². The average Bonchev–Trinajstić information content (AvgIpc) is 4.00. The third-order valence-electron chi connectivity index (χ3n) is 15.3. The van der Waals surface area contributed by atoms with Gasteiger partial charge in [-0.1, -0.05) is 115 Å². The van der Waals surface area contributed by atoms with Crippen molar-refractivity contribution in [2.75, 3.05) is 9.62 Å². The summed E-state index contributed by atoms with van der Waals surface area (Å²) in [6, 6.07) is 53.8. The summed E-state index contributed by atoms with van der Waals surface area (Å²) in [7, 11) is 0. The van der Waals surface area contributed by atoms with E-state index in [4.69, 9.17) is 9.47 Å². The quantitative estimate of drug-likeness (QED) is 0.162. The van der Waals surface area contributed by atoms with Gasteiger partial charge in [0.15, 0.2) is 0 Å². The summed E-state index contributed by atoms with van der Waals surface area (Å²) in [6.45, 7) is 8.53. The molecule has 6 nitrogen and oxygen atoms in total. The second-order valence-corrected chi connectivity index (χ2v) is 18.9. The van der Waals surface area contributed by atoms with Crippen LogP contribution >= 0.6 is 0 Å². The fourth-order valence-corrected chi connectivity index (χ4v) is 12.7. The fraction of sp³-hybridized carbons (Fsp3) is 0.103. The highest BCUT2D eigenvalue weighted by atomic mass is 16.5. The van der Waals surface area contributed by atoms with Crippen LogP contribution in [0.15, 0.2) is 169 Å². The molecule has 10 aromatic rings. The van der Waals surface area contributed by atoms with Gasteiger partial charge in [-0.2, -0.15) is 0 Å². The molecule has 2 aromatic heterocycles. The number of hydrogen-bond donors (Lipinski definition) is 0. The Kier molecular flexibility index (Phi) is 7.14. The summed E-state index contributed by atoms with van der Waals surface area (Å²) in [4.78, 5) is 5.25. The first kappa shape index (κ1) is 36.5. The van der Waals surface area contributed by atoms with Crippen LogP contribution in [-0.2, 0) is 0 Å². The SMILES string of the molecule is Cc1cccc(C)c1-c1ccc2c3c4c5c(c6c3n(c2c1)B1C2=C(CCC=C2)Oc2ccccc2N16)c1ccc(-c2c(C)cccc2C)cc1n5B1c2ccccc2Oc2ccccc2N14. The highest BCUT2D eigenvalue weighted by molar-refractivity contribution is 6.83. The van der Waals surface area contributed by atoms with Gasteiger partial charge in [0.05, 0.1) is 33.8 Å². The summed E-state index contributed by atoms with van der Waals surface area (Å²) in [5, 5.41) is 4.98. The summed E-state index contributed by atoms with van der Waals surface area (Å²) >= 11 is 0. The maximum atomic E-state index is 7.06. The van der Waals surface area contributed by atoms with E-state index in [2.05, 4.69) is 204 Å². The lowest BCUT2D eigenvalue weighted by Crippen LogP contribution is -2.47. The minimum Gasteiger partial charge on any atom is -0.460 e. The van der Waals surface area contributed by atoms with E-state index < -0.39 is 0 Å². The number of hydrogen-bond acceptors (Lipinski definition) is 4. The van der Waals surface area contributed by atoms with Gasteiger partial charge in [-0.3, -0.25) is 0 Å². The number of rotatable bonds is 2. The summed E-state index contributed by atoms with van der Waals surface area (Å²) < 4.78 is 19.4. The van der Waals surface area contributed by atoms with Crippen molar-refractivity contribution >= 4 is 85.8 Å². The zero-order valence-corrected chi connectivity index (χ0v) is 37.2. The van der Waals surface area contributed by atoms with Crippen LogP contribution in [0, 0.1) is 27.7 Å². The Morgan fingerprint density at radius 3 is 1.58 bits per heavy atom. The Labute approximate surface area is 383 Å². The number of benzene rings is 8. The summed E-state index contributed by atoms with van der Waals surface area (Å²) in [6.07, 6.45) is 6.49. The molecule has 0 unspecified atom stereocenters. The first-order chi connectivity index (χ1) is 32.4. The number of nitrogens with zero attached hydrogens (tertiary/aromatic N) is 4. The van der Waals surface area contributed by atoms with Crippen LogP contribution in [-0.4, -0.2) is 22.9 Å². The van der Waals surface area contributed by atoms with Crippen molar-refractivity contribution in [2.24, 2.45) is 0 Å². The second kappa shape index (κ2) is 12.9. The molecule has 8 aromatic carbocycles. The molecule has 0 amide bonds. The van der Waals surface area contributed by atoms with Gasteiger partial charge in [-0.25, -0.2) is 0 Å². The van der Waals surface area contributed by atoms with E-state index >= 15 is 0 Å². The van der Waals surface area contributed by atoms with Gasteiger partial charge in [-0.15, -0.1) is 0 Å². The number of para-hydroxylation sites is 5. The smallest absolute Gasteiger partial charge is 0.424 e. The fourth-order valence-electron chi connectivity index (χ4n) is 12.7. The van der Waals surface area contributed by atoms with E-state index in [9.17, 15) is 0 Å². The Morgan fingerprint density at radius 1 is 0.485 bits per heavy atom. The number of ether oxygens (including phenoxy) is 2. The molecule has 312 valence electrons. The number of anilines is 4. The molecule has 0 bridgehead atoms. The van der Waals surface area contributed by atoms with Crippen LogP contribution in [0.3, 0.4) is 0 Å². The average molecular weight is 849 g/mol. The molecule has 4 aliphatic heterocycles. The molecular formula is C58H42B2N4O2. The number of fused-ring (bicyclic) bond motifs is 21. The minimum absolute atomic E-state index is 0.190. The molecule has 0 saturated carbocycles. The van der Waals surface area contributed by atoms with Crippen LogP contribution in [0.5, 0.6) is 17.2 Å². The van der Waals surface area contributed by atoms with Crippen molar-refractivity contribution in [1.29, 1.82) is 0 Å². The molecule has 0 N–H and O–H groups in total. The molecule has 6 heterocycles. The zero-order valence-electron chi connectivity index (χ0n) is 37.2. The van der Waals surface area contributed by atoms with E-state index in [1.165, 1.54) is 105 Å². The van der Waals surface area contributed by atoms with Gasteiger partial charge >= 0.3 is 14.0 Å². The van der Waals surface area contributed by atoms with Crippen LogP contribution in [0.1, 0.15) is 35.1 Å². The molecule has 0 fully saturated rings. The van der Waals surface area contributed by atoms with Gasteiger partial charge in [0.25, 0.3) is 0 Å². The van der Waals surface area contributed by atoms with Crippen molar-refractivity contribution in [3.8, 4) is 39.5 Å². The summed E-state index contributed by atoms with van der Waals surface area (Å²) in [5.74, 6) is 3.66. The van der Waals surface area contributed by atoms with E-state index in [0.717, 1.165) is 52.7 Å². The molecule has 8 heteroatoms. The Morgan fingerprint density at radius 2 is 0.985 bits per heavy atom. The highest BCUT2D eigenvalue weighted by Gasteiger charge is 2.52. The first-order valence-electron chi connectivity index (χ1n) is 23.3. The van der Waals surface area contributed by atoms with Crippen molar-refractivity contribution < 1.29 is 9.47 Å². The lowest BCUT2D eigenvalue weighted by atomic mass is 9.63. The molecule has 0 atom stereocenters. The number of allylic oxidation sites excluding steroid dienone is 4. The van der Waals surface area contributed by atoms with Crippen LogP contribution in [0.4, 0.5) is 22.7 Å². The molecule has 0 saturated heterocycles. The third kappa shape index (κ3) is 4.53. The standard InChI is InChI=1S/C58H42B2N4O2/c1-33-15-13-16-34(2)51(33)37-27-29-39-45(31-37)63-57-53(39)55-58-54(56(57)61-43-21-7-11-25-49(43)65-47-23-9-5-19-41(47)59(61)63)40-30-28-38(52-35(3)17-14-18-36(52)4)32-46(40)64(58)60-42-20-6-10-24-48(42)66-50-26-12-8-22-44(50)62(55)60/h5-9,11-23,25-32H,10,24H2,1-4H3. The van der Waals surface area contributed by atoms with Crippen LogP contribution in [0.25, 0.3) is 65.9 Å². The second-order valence-electron chi connectivity index (χ2n) is 18.9. The van der Waals surface area contributed by atoms with Gasteiger partial charge in [0.1, 0.15) is 23.0 Å². The molecule has 15 rings (SSSR count). The maximum absolute atomic E-state index is 7.06. The molecule has 0 spiro atoms. The van der Waals surface area contributed by atoms with E-state index in [0.29, 0.717) is 0 Å². The van der Waals surface area contributed by atoms with E-state index in [1.54, 1.807) is 0 Å². The van der Waals surface area contributed by atoms with Crippen molar-refractivity contribution in [2.45, 2.75) is 40.5 Å². The van der Waals surface area contributed by atoms with Gasteiger partial charge < -0.3 is 28.1 Å². The van der Waals surface area contributed by atoms with Crippen molar-refractivity contribution in [3.05, 3.63) is 191 Å². The lowest BCUT2D eigenvalue weighted by Gasteiger charge is -2.29. The van der Waals surface area contributed by atoms with E-state index in [-0.39, 0.29) is 14.0 Å². The predicted molar refractivity (Wildman–Crippen MR) is 274 cm³/mol. The third-order valence-corrected chi connectivity index (χ3v) is 15.3. The molecule has 1 aliphatic carbocycles. The maximum Gasteiger partial charge on any atom is 0.424 e. The lowest BCUT2D eigenvalue weighted by molar-refractivity contribution is 0.403. The van der Waals surface area contributed by atoms with Gasteiger partial charge in [0.2, 0.25) is 0 Å². The minimum atomic E-state index is -0.232. The van der Waals surface area contributed by atoms with Gasteiger partial charge in [-0.05, 0) is 121 Å². The van der Waals surface area contributed by atoms with Gasteiger partial charge in [0, 0.05) is 49.9 Å². The predicted octanol–water partition coefficient (Wildman–Crippen LogP) is 14.0. The topological polar surface area (TPSA) is 34.8 Å². The number of aromatic nitrogens is 2. The highest BCUT2D eigenvalue weighted by Crippen LogP contribution is 2.61. The Balaban J connectivity index is 1.18. The van der Waals surface area contributed by atoms with Crippen molar-refractivity contribution in [3.63, 3.8) is 0 Å². The Bertz CT molecular complexity index is 3890. The summed E-state index contributed by atoms with van der Waals surface area (Å²) in [5.41, 5.74) is 21.9. The number of aryl methyl sites for hydroxylation is 4. The van der Waals surface area contributed by atoms with E-state index in [1.807, 2.05) is 0 Å². The van der Waals surface area contributed by atoms with Crippen molar-refractivity contribution in [1.82, 2.24) is 8.96 Å². The molecule has 66 heavy (non-hydrogen) atoms. The monoisotopic (exact) mass is 848 g/mol. The van der Waals surface area contributed by atoms with Crippen LogP contribution in [0.2, 0.25) is 0 Å². The normalized spacial score (nSPS) is 15.2. The first-order valence-corrected chi connectivity index (χ1v) is 23.3. The molecule has 5 aliphatic rings. The molecule has 0 radical (unpaired) electrons. The molecular weight excluding hydrogens is 806 g/mol. The zero-order chi connectivity index (χ0) is 43.7.